The summed E-state index contributed by atoms with van der Waals surface area (Å²) in [6.45, 7) is 1.91. The molecule has 1 saturated heterocycles. The number of thiazole rings is 1. The zero-order valence-electron chi connectivity index (χ0n) is 20.2. The molecular formula is C28H22N2O6S. The lowest BCUT2D eigenvalue weighted by atomic mass is 9.94. The van der Waals surface area contributed by atoms with Gasteiger partial charge in [-0.2, -0.15) is 0 Å². The summed E-state index contributed by atoms with van der Waals surface area (Å²) in [6, 6.07) is 17.8. The molecule has 1 amide bonds. The van der Waals surface area contributed by atoms with Crippen LogP contribution in [0.2, 0.25) is 0 Å². The number of hydrogen-bond acceptors (Lipinski definition) is 8. The maximum atomic E-state index is 13.4. The number of rotatable bonds is 5. The molecule has 1 aromatic heterocycles. The summed E-state index contributed by atoms with van der Waals surface area (Å²) in [5.74, 6) is -1.79. The number of anilines is 1. The van der Waals surface area contributed by atoms with Crippen LogP contribution in [0.4, 0.5) is 5.13 Å². The molecule has 3 aromatic carbocycles. The lowest BCUT2D eigenvalue weighted by Crippen LogP contribution is -2.29. The van der Waals surface area contributed by atoms with Crippen LogP contribution < -0.4 is 9.64 Å². The zero-order valence-corrected chi connectivity index (χ0v) is 21.0. The van der Waals surface area contributed by atoms with E-state index in [1.165, 1.54) is 23.3 Å². The Morgan fingerprint density at radius 3 is 2.30 bits per heavy atom. The lowest BCUT2D eigenvalue weighted by molar-refractivity contribution is -0.132. The number of amides is 1. The van der Waals surface area contributed by atoms with Crippen molar-refractivity contribution < 1.29 is 29.0 Å². The van der Waals surface area contributed by atoms with E-state index in [0.717, 1.165) is 10.3 Å². The second-order valence-corrected chi connectivity index (χ2v) is 9.49. The minimum absolute atomic E-state index is 0.0588. The summed E-state index contributed by atoms with van der Waals surface area (Å²) in [7, 11) is 2.85. The maximum Gasteiger partial charge on any atom is 0.337 e. The molecule has 186 valence electrons. The molecule has 4 aromatic rings. The summed E-state index contributed by atoms with van der Waals surface area (Å²) in [5.41, 5.74) is 2.81. The predicted octanol–water partition coefficient (Wildman–Crippen LogP) is 5.03. The third-order valence-electron chi connectivity index (χ3n) is 6.21. The van der Waals surface area contributed by atoms with E-state index in [4.69, 9.17) is 9.47 Å². The second kappa shape index (κ2) is 9.51. The first-order valence-corrected chi connectivity index (χ1v) is 12.1. The Bertz CT molecular complexity index is 1570. The summed E-state index contributed by atoms with van der Waals surface area (Å²) >= 11 is 1.23. The van der Waals surface area contributed by atoms with Gasteiger partial charge in [0, 0.05) is 5.56 Å². The third kappa shape index (κ3) is 4.23. The molecule has 0 radical (unpaired) electrons. The number of aryl methyl sites for hydroxylation is 1. The van der Waals surface area contributed by atoms with Crippen molar-refractivity contribution in [3.63, 3.8) is 0 Å². The van der Waals surface area contributed by atoms with Gasteiger partial charge in [-0.05, 0) is 42.8 Å². The molecule has 5 rings (SSSR count). The number of ether oxygens (including phenoxy) is 2. The van der Waals surface area contributed by atoms with Gasteiger partial charge in [0.25, 0.3) is 5.78 Å². The second-order valence-electron chi connectivity index (χ2n) is 8.48. The Hall–Kier alpha value is -4.50. The van der Waals surface area contributed by atoms with Crippen LogP contribution in [0.5, 0.6) is 5.75 Å². The number of nitrogens with zero attached hydrogens (tertiary/aromatic N) is 2. The number of methoxy groups -OCH3 is 2. The quantitative estimate of drug-likeness (QED) is 0.172. The van der Waals surface area contributed by atoms with E-state index in [2.05, 4.69) is 4.98 Å². The molecule has 1 aliphatic rings. The molecular weight excluding hydrogens is 492 g/mol. The molecule has 1 fully saturated rings. The molecule has 1 aliphatic heterocycles. The Morgan fingerprint density at radius 1 is 0.973 bits per heavy atom. The van der Waals surface area contributed by atoms with Crippen LogP contribution >= 0.6 is 11.3 Å². The van der Waals surface area contributed by atoms with Crippen LogP contribution in [0.3, 0.4) is 0 Å². The molecule has 1 N–H and O–H groups in total. The average Bonchev–Trinajstić information content (AvgIpc) is 3.45. The van der Waals surface area contributed by atoms with E-state index < -0.39 is 23.7 Å². The smallest absolute Gasteiger partial charge is 0.337 e. The van der Waals surface area contributed by atoms with Gasteiger partial charge in [0.05, 0.1) is 41.6 Å². The molecule has 0 spiro atoms. The fourth-order valence-corrected chi connectivity index (χ4v) is 5.27. The zero-order chi connectivity index (χ0) is 26.3. The van der Waals surface area contributed by atoms with Crippen LogP contribution in [0, 0.1) is 6.92 Å². The summed E-state index contributed by atoms with van der Waals surface area (Å²) in [5, 5.41) is 11.6. The highest BCUT2D eigenvalue weighted by Crippen LogP contribution is 2.44. The monoisotopic (exact) mass is 514 g/mol. The SMILES string of the molecule is COC(=O)c1ccc(C2C(=C(O)c3ccc(C)cc3)C(=O)C(=O)N2c2nc3ccc(OC)cc3s2)cc1. The van der Waals surface area contributed by atoms with Crippen molar-refractivity contribution in [3.05, 3.63) is 94.6 Å². The van der Waals surface area contributed by atoms with Gasteiger partial charge in [-0.1, -0.05) is 53.3 Å². The number of carbonyl (C=O) groups is 3. The molecule has 1 atom stereocenters. The number of aromatic nitrogens is 1. The van der Waals surface area contributed by atoms with Gasteiger partial charge >= 0.3 is 11.9 Å². The predicted molar refractivity (Wildman–Crippen MR) is 140 cm³/mol. The fourth-order valence-electron chi connectivity index (χ4n) is 4.25. The van der Waals surface area contributed by atoms with Crippen molar-refractivity contribution in [2.75, 3.05) is 19.1 Å². The number of Topliss-reactive ketones (excluding diaryl/α,β-unsaturated/α-hetero) is 1. The molecule has 1 unspecified atom stereocenters. The average molecular weight is 515 g/mol. The number of benzene rings is 3. The molecule has 0 bridgehead atoms. The van der Waals surface area contributed by atoms with Crippen LogP contribution in [-0.4, -0.2) is 42.0 Å². The molecule has 9 heteroatoms. The standard InChI is InChI=1S/C28H22N2O6S/c1-15-4-6-17(7-5-15)24(31)22-23(16-8-10-18(11-9-16)27(34)36-3)30(26(33)25(22)32)28-29-20-13-12-19(35-2)14-21(20)37-28/h4-14,23,31H,1-3H3. The molecule has 0 aliphatic carbocycles. The van der Waals surface area contributed by atoms with Gasteiger partial charge in [-0.3, -0.25) is 14.5 Å². The first-order chi connectivity index (χ1) is 17.8. The van der Waals surface area contributed by atoms with Crippen LogP contribution in [0.15, 0.2) is 72.3 Å². The Kier molecular flexibility index (Phi) is 6.22. The van der Waals surface area contributed by atoms with E-state index in [1.807, 2.05) is 19.1 Å². The number of fused-ring (bicyclic) bond motifs is 1. The van der Waals surface area contributed by atoms with Crippen LogP contribution in [-0.2, 0) is 14.3 Å². The van der Waals surface area contributed by atoms with Gasteiger partial charge in [-0.25, -0.2) is 9.78 Å². The minimum Gasteiger partial charge on any atom is -0.507 e. The van der Waals surface area contributed by atoms with Gasteiger partial charge in [0.2, 0.25) is 0 Å². The number of carbonyl (C=O) groups excluding carboxylic acids is 3. The fraction of sp³-hybridized carbons (Fsp3) is 0.143. The summed E-state index contributed by atoms with van der Waals surface area (Å²) in [4.78, 5) is 44.6. The van der Waals surface area contributed by atoms with Crippen molar-refractivity contribution in [1.29, 1.82) is 0 Å². The van der Waals surface area contributed by atoms with E-state index in [9.17, 15) is 19.5 Å². The number of ketones is 1. The number of hydrogen-bond donors (Lipinski definition) is 1. The van der Waals surface area contributed by atoms with E-state index in [0.29, 0.717) is 33.1 Å². The largest absolute Gasteiger partial charge is 0.507 e. The van der Waals surface area contributed by atoms with Crippen LogP contribution in [0.1, 0.15) is 33.1 Å². The topological polar surface area (TPSA) is 106 Å². The molecule has 0 saturated carbocycles. The third-order valence-corrected chi connectivity index (χ3v) is 7.22. The van der Waals surface area contributed by atoms with Gasteiger partial charge in [-0.15, -0.1) is 0 Å². The number of esters is 1. The van der Waals surface area contributed by atoms with Crippen molar-refractivity contribution >= 4 is 50.1 Å². The van der Waals surface area contributed by atoms with Gasteiger partial charge < -0.3 is 14.6 Å². The summed E-state index contributed by atoms with van der Waals surface area (Å²) < 4.78 is 10.9. The van der Waals surface area contributed by atoms with Crippen molar-refractivity contribution in [1.82, 2.24) is 4.98 Å². The number of aliphatic hydroxyl groups excluding tert-OH is 1. The highest BCUT2D eigenvalue weighted by molar-refractivity contribution is 7.22. The van der Waals surface area contributed by atoms with Crippen molar-refractivity contribution in [2.45, 2.75) is 13.0 Å². The van der Waals surface area contributed by atoms with Gasteiger partial charge in [0.15, 0.2) is 5.13 Å². The van der Waals surface area contributed by atoms with E-state index >= 15 is 0 Å². The highest BCUT2D eigenvalue weighted by atomic mass is 32.1. The minimum atomic E-state index is -0.963. The normalized spacial score (nSPS) is 16.8. The first-order valence-electron chi connectivity index (χ1n) is 11.3. The molecule has 37 heavy (non-hydrogen) atoms. The molecule has 8 nitrogen and oxygen atoms in total. The van der Waals surface area contributed by atoms with Gasteiger partial charge in [0.1, 0.15) is 11.5 Å². The van der Waals surface area contributed by atoms with Crippen LogP contribution in [0.25, 0.3) is 16.0 Å². The Morgan fingerprint density at radius 2 is 1.65 bits per heavy atom. The molecule has 2 heterocycles. The van der Waals surface area contributed by atoms with E-state index in [-0.39, 0.29) is 11.3 Å². The Balaban J connectivity index is 1.70. The van der Waals surface area contributed by atoms with Crippen molar-refractivity contribution in [2.24, 2.45) is 0 Å². The van der Waals surface area contributed by atoms with E-state index in [1.54, 1.807) is 61.7 Å². The summed E-state index contributed by atoms with van der Waals surface area (Å²) in [6.07, 6.45) is 0. The maximum absolute atomic E-state index is 13.4. The lowest BCUT2D eigenvalue weighted by Gasteiger charge is -2.23. The van der Waals surface area contributed by atoms with Crippen molar-refractivity contribution in [3.8, 4) is 5.75 Å². The Labute approximate surface area is 216 Å². The highest BCUT2D eigenvalue weighted by Gasteiger charge is 2.48. The number of aliphatic hydroxyl groups is 1. The first kappa shape index (κ1) is 24.2.